The maximum Gasteiger partial charge on any atom is 0.274 e. The van der Waals surface area contributed by atoms with Gasteiger partial charge in [-0.3, -0.25) is 4.79 Å². The molecule has 6 nitrogen and oxygen atoms in total. The molecule has 1 saturated heterocycles. The number of carbonyl (C=O) groups excluding carboxylic acids is 1. The molecule has 0 aliphatic carbocycles. The second kappa shape index (κ2) is 10.1. The molecular weight excluding hydrogens is 447 g/mol. The molecule has 1 amide bonds. The first kappa shape index (κ1) is 22.3. The van der Waals surface area contributed by atoms with Crippen LogP contribution in [0, 0.1) is 0 Å². The Hall–Kier alpha value is -2.38. The molecule has 0 unspecified atom stereocenters. The van der Waals surface area contributed by atoms with Gasteiger partial charge in [0.1, 0.15) is 12.0 Å². The van der Waals surface area contributed by atoms with E-state index in [9.17, 15) is 4.79 Å². The van der Waals surface area contributed by atoms with Crippen LogP contribution in [0.3, 0.4) is 0 Å². The van der Waals surface area contributed by atoms with Gasteiger partial charge in [0.15, 0.2) is 0 Å². The number of rotatable bonds is 4. The maximum atomic E-state index is 12.7. The number of anilines is 2. The summed E-state index contributed by atoms with van der Waals surface area (Å²) in [6, 6.07) is 14.6. The zero-order chi connectivity index (χ0) is 20.2. The Balaban J connectivity index is 0.00000256. The Morgan fingerprint density at radius 1 is 1.00 bits per heavy atom. The van der Waals surface area contributed by atoms with Gasteiger partial charge in [0, 0.05) is 30.0 Å². The van der Waals surface area contributed by atoms with Gasteiger partial charge in [0.05, 0.1) is 29.0 Å². The first-order chi connectivity index (χ1) is 14.1. The van der Waals surface area contributed by atoms with Gasteiger partial charge in [-0.1, -0.05) is 35.3 Å². The first-order valence-electron chi connectivity index (χ1n) is 9.12. The number of amides is 1. The lowest BCUT2D eigenvalue weighted by Crippen LogP contribution is -2.36. The van der Waals surface area contributed by atoms with E-state index in [0.29, 0.717) is 34.6 Å². The highest BCUT2D eigenvalue weighted by atomic mass is 35.5. The number of morpholine rings is 1. The van der Waals surface area contributed by atoms with Crippen molar-refractivity contribution in [1.82, 2.24) is 9.97 Å². The number of nitrogens with zero attached hydrogens (tertiary/aromatic N) is 3. The highest BCUT2D eigenvalue weighted by Crippen LogP contribution is 2.28. The van der Waals surface area contributed by atoms with Crippen LogP contribution in [0.25, 0.3) is 11.3 Å². The minimum atomic E-state index is -0.312. The molecule has 3 aromatic rings. The van der Waals surface area contributed by atoms with Crippen molar-refractivity contribution in [2.24, 2.45) is 0 Å². The standard InChI is InChI=1S/C21H18Cl2N4O2.ClH/c22-17-5-4-14(10-18(17)23)19-12-20(25-13-24-19)21(28)26-15-2-1-3-16(11-15)27-6-8-29-9-7-27;/h1-5,10-13H,6-9H2,(H,26,28);1H. The van der Waals surface area contributed by atoms with Gasteiger partial charge in [0.2, 0.25) is 0 Å². The Morgan fingerprint density at radius 3 is 2.57 bits per heavy atom. The van der Waals surface area contributed by atoms with Gasteiger partial charge in [-0.2, -0.15) is 0 Å². The number of hydrogen-bond acceptors (Lipinski definition) is 5. The lowest BCUT2D eigenvalue weighted by atomic mass is 10.1. The van der Waals surface area contributed by atoms with E-state index in [4.69, 9.17) is 27.9 Å². The van der Waals surface area contributed by atoms with Crippen LogP contribution in [-0.4, -0.2) is 42.2 Å². The lowest BCUT2D eigenvalue weighted by molar-refractivity contribution is 0.102. The summed E-state index contributed by atoms with van der Waals surface area (Å²) < 4.78 is 5.39. The summed E-state index contributed by atoms with van der Waals surface area (Å²) in [5.74, 6) is -0.312. The molecule has 1 aliphatic heterocycles. The first-order valence-corrected chi connectivity index (χ1v) is 9.87. The lowest BCUT2D eigenvalue weighted by Gasteiger charge is -2.29. The molecule has 0 atom stereocenters. The topological polar surface area (TPSA) is 67.4 Å². The SMILES string of the molecule is Cl.O=C(Nc1cccc(N2CCOCC2)c1)c1cc(-c2ccc(Cl)c(Cl)c2)ncn1. The van der Waals surface area contributed by atoms with E-state index >= 15 is 0 Å². The fourth-order valence-electron chi connectivity index (χ4n) is 3.09. The highest BCUT2D eigenvalue weighted by Gasteiger charge is 2.14. The fourth-order valence-corrected chi connectivity index (χ4v) is 3.39. The van der Waals surface area contributed by atoms with Crippen molar-refractivity contribution < 1.29 is 9.53 Å². The van der Waals surface area contributed by atoms with Crippen LogP contribution in [0.4, 0.5) is 11.4 Å². The average molecular weight is 466 g/mol. The number of benzene rings is 2. The summed E-state index contributed by atoms with van der Waals surface area (Å²) in [6.45, 7) is 3.07. The molecule has 0 bridgehead atoms. The van der Waals surface area contributed by atoms with Crippen molar-refractivity contribution in [1.29, 1.82) is 0 Å². The van der Waals surface area contributed by atoms with Crippen molar-refractivity contribution in [2.75, 3.05) is 36.5 Å². The Bertz CT molecular complexity index is 1040. The van der Waals surface area contributed by atoms with Crippen LogP contribution in [-0.2, 0) is 4.74 Å². The van der Waals surface area contributed by atoms with Gasteiger partial charge >= 0.3 is 0 Å². The molecule has 1 N–H and O–H groups in total. The van der Waals surface area contributed by atoms with E-state index < -0.39 is 0 Å². The van der Waals surface area contributed by atoms with E-state index in [1.165, 1.54) is 6.33 Å². The number of hydrogen-bond donors (Lipinski definition) is 1. The smallest absolute Gasteiger partial charge is 0.274 e. The second-order valence-corrected chi connectivity index (χ2v) is 7.34. The zero-order valence-electron chi connectivity index (χ0n) is 15.8. The summed E-state index contributed by atoms with van der Waals surface area (Å²) >= 11 is 12.1. The minimum Gasteiger partial charge on any atom is -0.378 e. The van der Waals surface area contributed by atoms with Crippen molar-refractivity contribution in [3.8, 4) is 11.3 Å². The number of carbonyl (C=O) groups is 1. The second-order valence-electron chi connectivity index (χ2n) is 6.52. The molecule has 9 heteroatoms. The van der Waals surface area contributed by atoms with Crippen LogP contribution in [0.5, 0.6) is 0 Å². The van der Waals surface area contributed by atoms with E-state index in [1.54, 1.807) is 24.3 Å². The van der Waals surface area contributed by atoms with Crippen molar-refractivity contribution >= 4 is 52.9 Å². The Morgan fingerprint density at radius 2 is 1.80 bits per heavy atom. The molecule has 2 aromatic carbocycles. The number of halogens is 3. The van der Waals surface area contributed by atoms with E-state index in [-0.39, 0.29) is 24.0 Å². The zero-order valence-corrected chi connectivity index (χ0v) is 18.2. The average Bonchev–Trinajstić information content (AvgIpc) is 2.76. The summed E-state index contributed by atoms with van der Waals surface area (Å²) in [5.41, 5.74) is 3.35. The van der Waals surface area contributed by atoms with Crippen LogP contribution in [0.2, 0.25) is 10.0 Å². The molecule has 1 aromatic heterocycles. The predicted molar refractivity (Wildman–Crippen MR) is 122 cm³/mol. The summed E-state index contributed by atoms with van der Waals surface area (Å²) in [5, 5.41) is 3.79. The minimum absolute atomic E-state index is 0. The summed E-state index contributed by atoms with van der Waals surface area (Å²) in [4.78, 5) is 23.3. The van der Waals surface area contributed by atoms with Crippen molar-refractivity contribution in [3.63, 3.8) is 0 Å². The van der Waals surface area contributed by atoms with Gasteiger partial charge in [-0.25, -0.2) is 9.97 Å². The summed E-state index contributed by atoms with van der Waals surface area (Å²) in [6.07, 6.45) is 1.36. The monoisotopic (exact) mass is 464 g/mol. The van der Waals surface area contributed by atoms with Crippen LogP contribution in [0.15, 0.2) is 54.9 Å². The van der Waals surface area contributed by atoms with E-state index in [0.717, 1.165) is 24.3 Å². The van der Waals surface area contributed by atoms with Crippen LogP contribution < -0.4 is 10.2 Å². The molecule has 1 aliphatic rings. The molecule has 2 heterocycles. The quantitative estimate of drug-likeness (QED) is 0.590. The van der Waals surface area contributed by atoms with Gasteiger partial charge < -0.3 is 15.0 Å². The Labute approximate surface area is 190 Å². The largest absolute Gasteiger partial charge is 0.378 e. The van der Waals surface area contributed by atoms with Crippen LogP contribution >= 0.6 is 35.6 Å². The van der Waals surface area contributed by atoms with Crippen molar-refractivity contribution in [3.05, 3.63) is 70.6 Å². The third-order valence-electron chi connectivity index (χ3n) is 4.60. The van der Waals surface area contributed by atoms with E-state index in [1.807, 2.05) is 24.3 Å². The molecule has 30 heavy (non-hydrogen) atoms. The maximum absolute atomic E-state index is 12.7. The number of nitrogens with one attached hydrogen (secondary N) is 1. The molecular formula is C21H19Cl3N4O2. The third kappa shape index (κ3) is 5.21. The third-order valence-corrected chi connectivity index (χ3v) is 5.33. The molecule has 1 fully saturated rings. The molecule has 0 saturated carbocycles. The van der Waals surface area contributed by atoms with E-state index in [2.05, 4.69) is 20.2 Å². The highest BCUT2D eigenvalue weighted by molar-refractivity contribution is 6.42. The summed E-state index contributed by atoms with van der Waals surface area (Å²) in [7, 11) is 0. The number of aromatic nitrogens is 2. The van der Waals surface area contributed by atoms with Gasteiger partial charge in [0.25, 0.3) is 5.91 Å². The fraction of sp³-hybridized carbons (Fsp3) is 0.190. The van der Waals surface area contributed by atoms with Gasteiger partial charge in [-0.05, 0) is 36.4 Å². The Kier molecular flexibility index (Phi) is 7.50. The predicted octanol–water partition coefficient (Wildman–Crippen LogP) is 4.96. The van der Waals surface area contributed by atoms with Crippen molar-refractivity contribution in [2.45, 2.75) is 0 Å². The molecule has 156 valence electrons. The molecule has 4 rings (SSSR count). The normalized spacial score (nSPS) is 13.5. The molecule has 0 spiro atoms. The van der Waals surface area contributed by atoms with Crippen LogP contribution in [0.1, 0.15) is 10.5 Å². The molecule has 0 radical (unpaired) electrons. The van der Waals surface area contributed by atoms with Gasteiger partial charge in [-0.15, -0.1) is 12.4 Å². The number of ether oxygens (including phenoxy) is 1.